The van der Waals surface area contributed by atoms with Gasteiger partial charge in [-0.1, -0.05) is 51.9 Å². The summed E-state index contributed by atoms with van der Waals surface area (Å²) in [4.78, 5) is 31.2. The first-order valence-corrected chi connectivity index (χ1v) is 9.94. The van der Waals surface area contributed by atoms with Crippen LogP contribution in [-0.4, -0.2) is 36.2 Å². The molecule has 6 nitrogen and oxygen atoms in total. The van der Waals surface area contributed by atoms with E-state index in [1.54, 1.807) is 0 Å². The van der Waals surface area contributed by atoms with Gasteiger partial charge in [-0.05, 0) is 26.2 Å². The SMILES string of the molecule is CC(=O)OCCCCC(=O)O.CCCCCCCCCCC(=O)OCC. The van der Waals surface area contributed by atoms with E-state index in [1.807, 2.05) is 6.92 Å². The number of esters is 2. The zero-order valence-electron chi connectivity index (χ0n) is 16.9. The van der Waals surface area contributed by atoms with E-state index < -0.39 is 5.97 Å². The average molecular weight is 375 g/mol. The molecule has 0 bridgehead atoms. The molecular weight excluding hydrogens is 336 g/mol. The van der Waals surface area contributed by atoms with Crippen LogP contribution in [0.15, 0.2) is 0 Å². The minimum absolute atomic E-state index is 0.0384. The Morgan fingerprint density at radius 3 is 1.77 bits per heavy atom. The van der Waals surface area contributed by atoms with E-state index >= 15 is 0 Å². The van der Waals surface area contributed by atoms with Crippen molar-refractivity contribution in [3.05, 3.63) is 0 Å². The van der Waals surface area contributed by atoms with Crippen LogP contribution in [0, 0.1) is 0 Å². The number of aliphatic carboxylic acids is 1. The fourth-order valence-corrected chi connectivity index (χ4v) is 2.23. The zero-order valence-corrected chi connectivity index (χ0v) is 16.9. The van der Waals surface area contributed by atoms with Crippen molar-refractivity contribution < 1.29 is 29.0 Å². The second-order valence-corrected chi connectivity index (χ2v) is 6.22. The van der Waals surface area contributed by atoms with Gasteiger partial charge in [0.1, 0.15) is 0 Å². The number of hydrogen-bond acceptors (Lipinski definition) is 5. The van der Waals surface area contributed by atoms with Crippen LogP contribution in [0.25, 0.3) is 0 Å². The van der Waals surface area contributed by atoms with Crippen LogP contribution in [0.2, 0.25) is 0 Å². The van der Waals surface area contributed by atoms with Gasteiger partial charge in [0, 0.05) is 19.8 Å². The Morgan fingerprint density at radius 1 is 0.731 bits per heavy atom. The lowest BCUT2D eigenvalue weighted by Gasteiger charge is -2.02. The maximum atomic E-state index is 11.0. The summed E-state index contributed by atoms with van der Waals surface area (Å²) < 4.78 is 9.45. The lowest BCUT2D eigenvalue weighted by atomic mass is 10.1. The first kappa shape index (κ1) is 26.6. The largest absolute Gasteiger partial charge is 0.481 e. The third kappa shape index (κ3) is 27.3. The lowest BCUT2D eigenvalue weighted by Crippen LogP contribution is -2.03. The third-order valence-electron chi connectivity index (χ3n) is 3.63. The van der Waals surface area contributed by atoms with Crippen LogP contribution in [0.1, 0.15) is 97.8 Å². The average Bonchev–Trinajstić information content (AvgIpc) is 2.57. The van der Waals surface area contributed by atoms with Gasteiger partial charge in [0.05, 0.1) is 13.2 Å². The minimum atomic E-state index is -0.812. The summed E-state index contributed by atoms with van der Waals surface area (Å²) in [5, 5.41) is 8.21. The number of ether oxygens (including phenoxy) is 2. The van der Waals surface area contributed by atoms with Crippen LogP contribution in [0.3, 0.4) is 0 Å². The van der Waals surface area contributed by atoms with E-state index in [1.165, 1.54) is 51.9 Å². The summed E-state index contributed by atoms with van der Waals surface area (Å²) in [7, 11) is 0. The van der Waals surface area contributed by atoms with Gasteiger partial charge in [-0.2, -0.15) is 0 Å². The van der Waals surface area contributed by atoms with E-state index in [4.69, 9.17) is 9.84 Å². The van der Waals surface area contributed by atoms with E-state index in [0.717, 1.165) is 6.42 Å². The topological polar surface area (TPSA) is 89.9 Å². The molecule has 0 saturated carbocycles. The Labute approximate surface area is 158 Å². The summed E-state index contributed by atoms with van der Waals surface area (Å²) in [6.07, 6.45) is 12.1. The molecule has 0 saturated heterocycles. The van der Waals surface area contributed by atoms with Crippen molar-refractivity contribution >= 4 is 17.9 Å². The van der Waals surface area contributed by atoms with Crippen molar-refractivity contribution in [1.29, 1.82) is 0 Å². The van der Waals surface area contributed by atoms with Gasteiger partial charge in [-0.15, -0.1) is 0 Å². The molecule has 0 spiro atoms. The number of carbonyl (C=O) groups excluding carboxylic acids is 2. The second-order valence-electron chi connectivity index (χ2n) is 6.22. The predicted molar refractivity (Wildman–Crippen MR) is 102 cm³/mol. The van der Waals surface area contributed by atoms with Crippen LogP contribution in [-0.2, 0) is 23.9 Å². The van der Waals surface area contributed by atoms with Gasteiger partial charge in [0.25, 0.3) is 0 Å². The van der Waals surface area contributed by atoms with Crippen molar-refractivity contribution in [3.8, 4) is 0 Å². The molecular formula is C20H38O6. The van der Waals surface area contributed by atoms with E-state index in [0.29, 0.717) is 32.5 Å². The zero-order chi connectivity index (χ0) is 20.0. The van der Waals surface area contributed by atoms with Crippen molar-refractivity contribution in [3.63, 3.8) is 0 Å². The summed E-state index contributed by atoms with van der Waals surface area (Å²) >= 11 is 0. The van der Waals surface area contributed by atoms with Crippen LogP contribution in [0.5, 0.6) is 0 Å². The monoisotopic (exact) mass is 374 g/mol. The Hall–Kier alpha value is -1.59. The maximum absolute atomic E-state index is 11.0. The lowest BCUT2D eigenvalue weighted by molar-refractivity contribution is -0.143. The Balaban J connectivity index is 0. The highest BCUT2D eigenvalue weighted by molar-refractivity contribution is 5.69. The maximum Gasteiger partial charge on any atom is 0.305 e. The van der Waals surface area contributed by atoms with Gasteiger partial charge < -0.3 is 14.6 Å². The van der Waals surface area contributed by atoms with Gasteiger partial charge in [0.2, 0.25) is 0 Å². The molecule has 0 heterocycles. The molecule has 0 radical (unpaired) electrons. The van der Waals surface area contributed by atoms with Gasteiger partial charge in [-0.3, -0.25) is 14.4 Å². The molecule has 6 heteroatoms. The molecule has 0 rings (SSSR count). The summed E-state index contributed by atoms with van der Waals surface area (Å²) in [6, 6.07) is 0. The molecule has 26 heavy (non-hydrogen) atoms. The molecule has 0 aromatic heterocycles. The molecule has 154 valence electrons. The fourth-order valence-electron chi connectivity index (χ4n) is 2.23. The van der Waals surface area contributed by atoms with E-state index in [2.05, 4.69) is 11.7 Å². The number of rotatable bonds is 15. The van der Waals surface area contributed by atoms with Crippen molar-refractivity contribution in [2.45, 2.75) is 97.8 Å². The standard InChI is InChI=1S/C13H26O2.C7H12O4/c1-3-5-6-7-8-9-10-11-12-13(14)15-4-2;1-6(8)11-5-3-2-4-7(9)10/h3-12H2,1-2H3;2-5H2,1H3,(H,9,10). The van der Waals surface area contributed by atoms with Crippen LogP contribution >= 0.6 is 0 Å². The first-order valence-electron chi connectivity index (χ1n) is 9.94. The molecule has 0 atom stereocenters. The van der Waals surface area contributed by atoms with E-state index in [9.17, 15) is 14.4 Å². The molecule has 0 unspecified atom stereocenters. The number of hydrogen-bond donors (Lipinski definition) is 1. The Kier molecular flexibility index (Phi) is 22.0. The highest BCUT2D eigenvalue weighted by atomic mass is 16.5. The Morgan fingerprint density at radius 2 is 1.27 bits per heavy atom. The predicted octanol–water partition coefficient (Wildman–Crippen LogP) is 4.88. The molecule has 0 aromatic carbocycles. The van der Waals surface area contributed by atoms with Gasteiger partial charge >= 0.3 is 17.9 Å². The summed E-state index contributed by atoms with van der Waals surface area (Å²) in [5.74, 6) is -1.17. The highest BCUT2D eigenvalue weighted by Crippen LogP contribution is 2.09. The summed E-state index contributed by atoms with van der Waals surface area (Å²) in [5.41, 5.74) is 0. The molecule has 0 aliphatic carbocycles. The second kappa shape index (κ2) is 21.5. The van der Waals surface area contributed by atoms with Gasteiger partial charge in [-0.25, -0.2) is 0 Å². The van der Waals surface area contributed by atoms with Crippen LogP contribution in [0.4, 0.5) is 0 Å². The first-order chi connectivity index (χ1) is 12.4. The number of carboxylic acids is 1. The molecule has 0 fully saturated rings. The Bertz CT molecular complexity index is 338. The van der Waals surface area contributed by atoms with Crippen molar-refractivity contribution in [1.82, 2.24) is 0 Å². The molecule has 0 amide bonds. The quantitative estimate of drug-likeness (QED) is 0.324. The van der Waals surface area contributed by atoms with Gasteiger partial charge in [0.15, 0.2) is 0 Å². The molecule has 1 N–H and O–H groups in total. The number of carboxylic acid groups (broad SMARTS) is 1. The minimum Gasteiger partial charge on any atom is -0.481 e. The molecule has 0 aliphatic rings. The molecule has 0 aliphatic heterocycles. The fraction of sp³-hybridized carbons (Fsp3) is 0.850. The highest BCUT2D eigenvalue weighted by Gasteiger charge is 2.00. The van der Waals surface area contributed by atoms with E-state index in [-0.39, 0.29) is 18.4 Å². The number of unbranched alkanes of at least 4 members (excludes halogenated alkanes) is 8. The summed E-state index contributed by atoms with van der Waals surface area (Å²) in [6.45, 7) is 6.25. The van der Waals surface area contributed by atoms with Crippen molar-refractivity contribution in [2.75, 3.05) is 13.2 Å². The smallest absolute Gasteiger partial charge is 0.305 e. The van der Waals surface area contributed by atoms with Crippen molar-refractivity contribution in [2.24, 2.45) is 0 Å². The number of carbonyl (C=O) groups is 3. The van der Waals surface area contributed by atoms with Crippen LogP contribution < -0.4 is 0 Å². The normalized spacial score (nSPS) is 9.81. The molecule has 0 aromatic rings. The third-order valence-corrected chi connectivity index (χ3v) is 3.63.